The first kappa shape index (κ1) is 14.5. The average Bonchev–Trinajstić information content (AvgIpc) is 2.76. The number of amides is 1. The molecule has 5 heteroatoms. The number of anilines is 1. The number of halogens is 1. The zero-order valence-corrected chi connectivity index (χ0v) is 11.5. The summed E-state index contributed by atoms with van der Waals surface area (Å²) < 4.78 is 13.2. The molecule has 108 valence electrons. The Morgan fingerprint density at radius 3 is 2.60 bits per heavy atom. The Morgan fingerprint density at radius 1 is 1.30 bits per heavy atom. The zero-order chi connectivity index (χ0) is 14.9. The molecule has 1 aromatic rings. The second-order valence-corrected chi connectivity index (χ2v) is 5.58. The van der Waals surface area contributed by atoms with E-state index in [1.165, 1.54) is 12.1 Å². The van der Waals surface area contributed by atoms with Gasteiger partial charge < -0.3 is 10.4 Å². The largest absolute Gasteiger partial charge is 0.481 e. The Bertz CT molecular complexity index is 544. The Kier molecular flexibility index (Phi) is 4.06. The lowest BCUT2D eigenvalue weighted by atomic mass is 9.95. The lowest BCUT2D eigenvalue weighted by Crippen LogP contribution is -2.30. The first-order valence-corrected chi connectivity index (χ1v) is 6.68. The van der Waals surface area contributed by atoms with Crippen molar-refractivity contribution < 1.29 is 19.1 Å². The van der Waals surface area contributed by atoms with E-state index in [2.05, 4.69) is 5.32 Å². The summed E-state index contributed by atoms with van der Waals surface area (Å²) in [5.41, 5.74) is 1.15. The minimum Gasteiger partial charge on any atom is -0.481 e. The Balaban J connectivity index is 2.15. The third kappa shape index (κ3) is 2.98. The van der Waals surface area contributed by atoms with Crippen LogP contribution in [0.2, 0.25) is 0 Å². The van der Waals surface area contributed by atoms with Crippen molar-refractivity contribution in [2.45, 2.75) is 26.7 Å². The van der Waals surface area contributed by atoms with Crippen LogP contribution >= 0.6 is 0 Å². The summed E-state index contributed by atoms with van der Waals surface area (Å²) in [5, 5.41) is 11.8. The van der Waals surface area contributed by atoms with Crippen LogP contribution in [0.25, 0.3) is 0 Å². The lowest BCUT2D eigenvalue weighted by Gasteiger charge is -2.16. The molecule has 3 atom stereocenters. The second kappa shape index (κ2) is 5.61. The number of benzene rings is 1. The van der Waals surface area contributed by atoms with Gasteiger partial charge >= 0.3 is 5.97 Å². The maximum absolute atomic E-state index is 13.2. The molecule has 0 heterocycles. The van der Waals surface area contributed by atoms with E-state index in [9.17, 15) is 19.1 Å². The van der Waals surface area contributed by atoms with Crippen LogP contribution in [0, 0.1) is 30.5 Å². The highest BCUT2D eigenvalue weighted by atomic mass is 19.1. The van der Waals surface area contributed by atoms with Gasteiger partial charge in [0.1, 0.15) is 5.82 Å². The highest BCUT2D eigenvalue weighted by molar-refractivity contribution is 5.96. The van der Waals surface area contributed by atoms with Gasteiger partial charge in [0.05, 0.1) is 11.8 Å². The second-order valence-electron chi connectivity index (χ2n) is 5.58. The molecule has 20 heavy (non-hydrogen) atoms. The van der Waals surface area contributed by atoms with Gasteiger partial charge in [-0.3, -0.25) is 9.59 Å². The summed E-state index contributed by atoms with van der Waals surface area (Å²) in [6, 6.07) is 4.15. The normalized spacial score (nSPS) is 25.4. The molecule has 0 saturated heterocycles. The van der Waals surface area contributed by atoms with E-state index >= 15 is 0 Å². The minimum atomic E-state index is -0.939. The number of carboxylic acids is 1. The molecule has 1 aliphatic carbocycles. The maximum atomic E-state index is 13.2. The molecule has 1 fully saturated rings. The first-order valence-electron chi connectivity index (χ1n) is 6.68. The summed E-state index contributed by atoms with van der Waals surface area (Å²) in [7, 11) is 0. The predicted octanol–water partition coefficient (Wildman–Crippen LogP) is 2.82. The van der Waals surface area contributed by atoms with Crippen LogP contribution in [-0.2, 0) is 9.59 Å². The molecule has 1 aliphatic rings. The van der Waals surface area contributed by atoms with Gasteiger partial charge in [0.15, 0.2) is 0 Å². The van der Waals surface area contributed by atoms with E-state index in [1.54, 1.807) is 13.0 Å². The summed E-state index contributed by atoms with van der Waals surface area (Å²) >= 11 is 0. The molecule has 4 nitrogen and oxygen atoms in total. The van der Waals surface area contributed by atoms with Crippen molar-refractivity contribution >= 4 is 17.6 Å². The Hall–Kier alpha value is -1.91. The number of aliphatic carboxylic acids is 1. The van der Waals surface area contributed by atoms with Gasteiger partial charge in [0, 0.05) is 5.69 Å². The number of aryl methyl sites for hydroxylation is 1. The number of hydrogen-bond donors (Lipinski definition) is 2. The maximum Gasteiger partial charge on any atom is 0.307 e. The van der Waals surface area contributed by atoms with E-state index in [-0.39, 0.29) is 11.8 Å². The van der Waals surface area contributed by atoms with Crippen LogP contribution in [0.4, 0.5) is 10.1 Å². The summed E-state index contributed by atoms with van der Waals surface area (Å²) in [6.07, 6.45) is 1.06. The van der Waals surface area contributed by atoms with Gasteiger partial charge in [0.2, 0.25) is 5.91 Å². The summed E-state index contributed by atoms with van der Waals surface area (Å²) in [6.45, 7) is 3.71. The standard InChI is InChI=1S/C15H18FNO3/c1-8-5-11(12(6-8)15(19)20)14(18)17-13-7-10(16)4-3-9(13)2/h3-4,7-8,11-12H,5-6H2,1-2H3,(H,17,18)(H,19,20)/t8?,11-,12+/m0/s1. The highest BCUT2D eigenvalue weighted by Crippen LogP contribution is 2.37. The van der Waals surface area contributed by atoms with Gasteiger partial charge in [-0.15, -0.1) is 0 Å². The Morgan fingerprint density at radius 2 is 1.95 bits per heavy atom. The molecule has 1 unspecified atom stereocenters. The van der Waals surface area contributed by atoms with Crippen LogP contribution in [-0.4, -0.2) is 17.0 Å². The Labute approximate surface area is 117 Å². The van der Waals surface area contributed by atoms with Gasteiger partial charge in [-0.2, -0.15) is 0 Å². The molecule has 2 rings (SSSR count). The average molecular weight is 279 g/mol. The molecule has 0 aliphatic heterocycles. The number of hydrogen-bond acceptors (Lipinski definition) is 2. The topological polar surface area (TPSA) is 66.4 Å². The monoisotopic (exact) mass is 279 g/mol. The van der Waals surface area contributed by atoms with E-state index in [0.29, 0.717) is 18.5 Å². The van der Waals surface area contributed by atoms with Crippen molar-refractivity contribution in [2.24, 2.45) is 17.8 Å². The van der Waals surface area contributed by atoms with Crippen molar-refractivity contribution in [1.29, 1.82) is 0 Å². The van der Waals surface area contributed by atoms with Crippen LogP contribution in [0.3, 0.4) is 0 Å². The lowest BCUT2D eigenvalue weighted by molar-refractivity contribution is -0.145. The van der Waals surface area contributed by atoms with Crippen LogP contribution in [0.1, 0.15) is 25.3 Å². The zero-order valence-electron chi connectivity index (χ0n) is 11.5. The predicted molar refractivity (Wildman–Crippen MR) is 72.8 cm³/mol. The molecule has 1 aromatic carbocycles. The smallest absolute Gasteiger partial charge is 0.307 e. The van der Waals surface area contributed by atoms with E-state index in [1.807, 2.05) is 6.92 Å². The van der Waals surface area contributed by atoms with E-state index < -0.39 is 23.6 Å². The highest BCUT2D eigenvalue weighted by Gasteiger charge is 2.41. The quantitative estimate of drug-likeness (QED) is 0.894. The molecule has 1 amide bonds. The van der Waals surface area contributed by atoms with Crippen LogP contribution < -0.4 is 5.32 Å². The number of carbonyl (C=O) groups is 2. The summed E-state index contributed by atoms with van der Waals surface area (Å²) in [5.74, 6) is -2.70. The van der Waals surface area contributed by atoms with Crippen molar-refractivity contribution in [3.8, 4) is 0 Å². The fraction of sp³-hybridized carbons (Fsp3) is 0.467. The number of carboxylic acid groups (broad SMARTS) is 1. The van der Waals surface area contributed by atoms with Gasteiger partial charge in [-0.1, -0.05) is 13.0 Å². The summed E-state index contributed by atoms with van der Waals surface area (Å²) in [4.78, 5) is 23.4. The molecule has 0 spiro atoms. The number of nitrogens with one attached hydrogen (secondary N) is 1. The van der Waals surface area contributed by atoms with E-state index in [4.69, 9.17) is 0 Å². The van der Waals surface area contributed by atoms with E-state index in [0.717, 1.165) is 5.56 Å². The molecule has 0 radical (unpaired) electrons. The fourth-order valence-electron chi connectivity index (χ4n) is 2.81. The van der Waals surface area contributed by atoms with Gasteiger partial charge in [-0.25, -0.2) is 4.39 Å². The SMILES string of the molecule is Cc1ccc(F)cc1NC(=O)[C@H]1CC(C)C[C@H]1C(=O)O. The van der Waals surface area contributed by atoms with Crippen molar-refractivity contribution in [3.05, 3.63) is 29.6 Å². The van der Waals surface area contributed by atoms with Crippen molar-refractivity contribution in [2.75, 3.05) is 5.32 Å². The number of rotatable bonds is 3. The number of carbonyl (C=O) groups excluding carboxylic acids is 1. The fourth-order valence-corrected chi connectivity index (χ4v) is 2.81. The molecule has 0 aromatic heterocycles. The first-order chi connectivity index (χ1) is 9.38. The van der Waals surface area contributed by atoms with Gasteiger partial charge in [0.25, 0.3) is 0 Å². The molecule has 0 bridgehead atoms. The third-order valence-corrected chi connectivity index (χ3v) is 3.91. The van der Waals surface area contributed by atoms with Gasteiger partial charge in [-0.05, 0) is 43.4 Å². The minimum absolute atomic E-state index is 0.209. The molecular weight excluding hydrogens is 261 g/mol. The molecule has 1 saturated carbocycles. The van der Waals surface area contributed by atoms with Crippen molar-refractivity contribution in [1.82, 2.24) is 0 Å². The third-order valence-electron chi connectivity index (χ3n) is 3.91. The molecule has 2 N–H and O–H groups in total. The van der Waals surface area contributed by atoms with Crippen LogP contribution in [0.15, 0.2) is 18.2 Å². The molecular formula is C15H18FNO3. The van der Waals surface area contributed by atoms with Crippen molar-refractivity contribution in [3.63, 3.8) is 0 Å². The van der Waals surface area contributed by atoms with Crippen LogP contribution in [0.5, 0.6) is 0 Å².